The van der Waals surface area contributed by atoms with E-state index in [0.29, 0.717) is 0 Å². The van der Waals surface area contributed by atoms with E-state index in [4.69, 9.17) is 0 Å². The molecule has 2 heterocycles. The fourth-order valence-corrected chi connectivity index (χ4v) is 5.05. The fraction of sp³-hybridized carbons (Fsp3) is 0.478. The van der Waals surface area contributed by atoms with Crippen LogP contribution in [0.25, 0.3) is 0 Å². The number of fused-ring (bicyclic) bond motifs is 1. The molecule has 0 amide bonds. The number of benzene rings is 2. The van der Waals surface area contributed by atoms with E-state index < -0.39 is 0 Å². The second-order valence-corrected chi connectivity index (χ2v) is 8.25. The monoisotopic (exact) mass is 372 g/mol. The summed E-state index contributed by atoms with van der Waals surface area (Å²) in [6.07, 6.45) is 4.94. The molecule has 3 atom stereocenters. The van der Waals surface area contributed by atoms with Crippen LogP contribution in [0, 0.1) is 11.6 Å². The Balaban J connectivity index is 1.40. The Morgan fingerprint density at radius 3 is 2.11 bits per heavy atom. The molecule has 27 heavy (non-hydrogen) atoms. The van der Waals surface area contributed by atoms with Gasteiger partial charge in [-0.2, -0.15) is 0 Å². The van der Waals surface area contributed by atoms with Crippen molar-refractivity contribution in [3.05, 3.63) is 71.3 Å². The van der Waals surface area contributed by atoms with Crippen LogP contribution in [0.3, 0.4) is 0 Å². The molecule has 0 spiro atoms. The van der Waals surface area contributed by atoms with Crippen LogP contribution >= 0.6 is 0 Å². The molecule has 2 fully saturated rings. The molecule has 0 bridgehead atoms. The van der Waals surface area contributed by atoms with E-state index in [0.717, 1.165) is 30.0 Å². The lowest BCUT2D eigenvalue weighted by molar-refractivity contribution is -1.02. The lowest BCUT2D eigenvalue weighted by Crippen LogP contribution is -3.29. The maximum atomic E-state index is 13.4. The third-order valence-electron chi connectivity index (χ3n) is 6.53. The molecule has 4 rings (SSSR count). The summed E-state index contributed by atoms with van der Waals surface area (Å²) in [4.78, 5) is 3.57. The Bertz CT molecular complexity index is 684. The van der Waals surface area contributed by atoms with Crippen molar-refractivity contribution < 1.29 is 18.6 Å². The molecule has 0 aliphatic carbocycles. The molecule has 0 aromatic heterocycles. The van der Waals surface area contributed by atoms with Gasteiger partial charge in [-0.05, 0) is 48.2 Å². The van der Waals surface area contributed by atoms with Crippen LogP contribution < -0.4 is 9.80 Å². The van der Waals surface area contributed by atoms with Gasteiger partial charge in [-0.1, -0.05) is 24.3 Å². The second-order valence-electron chi connectivity index (χ2n) is 8.25. The van der Waals surface area contributed by atoms with Crippen molar-refractivity contribution in [2.45, 2.75) is 37.6 Å². The summed E-state index contributed by atoms with van der Waals surface area (Å²) in [7, 11) is 0. The number of quaternary nitrogens is 2. The first kappa shape index (κ1) is 18.6. The number of piperazine rings is 1. The zero-order valence-corrected chi connectivity index (χ0v) is 15.9. The highest BCUT2D eigenvalue weighted by atomic mass is 19.1. The summed E-state index contributed by atoms with van der Waals surface area (Å²) in [6.45, 7) is 6.48. The summed E-state index contributed by atoms with van der Waals surface area (Å²) in [5.74, 6) is -0.222. The molecule has 2 aromatic rings. The number of nitrogens with one attached hydrogen (secondary N) is 2. The summed E-state index contributed by atoms with van der Waals surface area (Å²) >= 11 is 0. The molecule has 2 saturated heterocycles. The van der Waals surface area contributed by atoms with Gasteiger partial charge in [0.05, 0.1) is 13.1 Å². The van der Waals surface area contributed by atoms with Gasteiger partial charge in [-0.3, -0.25) is 0 Å². The minimum Gasteiger partial charge on any atom is -0.325 e. The van der Waals surface area contributed by atoms with E-state index in [9.17, 15) is 8.78 Å². The highest BCUT2D eigenvalue weighted by Crippen LogP contribution is 2.29. The van der Waals surface area contributed by atoms with Gasteiger partial charge in [0.25, 0.3) is 0 Å². The minimum absolute atomic E-state index is 0.198. The first-order chi connectivity index (χ1) is 13.2. The minimum atomic E-state index is -0.210. The van der Waals surface area contributed by atoms with Crippen molar-refractivity contribution in [1.82, 2.24) is 0 Å². The first-order valence-electron chi connectivity index (χ1n) is 10.4. The summed E-state index contributed by atoms with van der Waals surface area (Å²) in [5, 5.41) is 0. The maximum absolute atomic E-state index is 13.4. The summed E-state index contributed by atoms with van der Waals surface area (Å²) in [5.41, 5.74) is 2.23. The van der Waals surface area contributed by atoms with E-state index in [1.165, 1.54) is 69.8 Å². The first-order valence-corrected chi connectivity index (χ1v) is 10.4. The van der Waals surface area contributed by atoms with E-state index in [1.54, 1.807) is 4.90 Å². The molecule has 0 radical (unpaired) electrons. The van der Waals surface area contributed by atoms with Gasteiger partial charge in [0.15, 0.2) is 0 Å². The molecular formula is C23H30F2N2+2. The van der Waals surface area contributed by atoms with Crippen LogP contribution in [0.1, 0.15) is 42.7 Å². The van der Waals surface area contributed by atoms with Crippen molar-refractivity contribution in [1.29, 1.82) is 0 Å². The Labute approximate surface area is 160 Å². The van der Waals surface area contributed by atoms with Gasteiger partial charge < -0.3 is 9.80 Å². The van der Waals surface area contributed by atoms with Crippen molar-refractivity contribution in [3.8, 4) is 0 Å². The molecule has 2 aromatic carbocycles. The van der Waals surface area contributed by atoms with Gasteiger partial charge in [-0.25, -0.2) is 8.78 Å². The lowest BCUT2D eigenvalue weighted by atomic mass is 9.87. The number of rotatable bonds is 6. The summed E-state index contributed by atoms with van der Waals surface area (Å²) < 4.78 is 26.7. The highest BCUT2D eigenvalue weighted by molar-refractivity contribution is 5.32. The van der Waals surface area contributed by atoms with Gasteiger partial charge >= 0.3 is 0 Å². The van der Waals surface area contributed by atoms with Crippen LogP contribution in [0.5, 0.6) is 0 Å². The van der Waals surface area contributed by atoms with E-state index in [2.05, 4.69) is 0 Å². The molecule has 2 aliphatic heterocycles. The Hall–Kier alpha value is -1.78. The van der Waals surface area contributed by atoms with Crippen molar-refractivity contribution >= 4 is 0 Å². The van der Waals surface area contributed by atoms with E-state index >= 15 is 0 Å². The Morgan fingerprint density at radius 2 is 1.48 bits per heavy atom. The number of hydrogen-bond acceptors (Lipinski definition) is 0. The number of hydrogen-bond donors (Lipinski definition) is 2. The van der Waals surface area contributed by atoms with E-state index in [-0.39, 0.29) is 17.6 Å². The molecule has 2 unspecified atom stereocenters. The predicted octanol–water partition coefficient (Wildman–Crippen LogP) is 1.82. The van der Waals surface area contributed by atoms with Gasteiger partial charge in [0.2, 0.25) is 0 Å². The SMILES string of the molecule is Fc1ccc(C(CCC[NH+]2CC[NH+]3CCC[C@@H]3C2)c2ccc(F)cc2)cc1. The maximum Gasteiger partial charge on any atom is 0.137 e. The van der Waals surface area contributed by atoms with Crippen LogP contribution in [0.2, 0.25) is 0 Å². The third-order valence-corrected chi connectivity index (χ3v) is 6.53. The average molecular weight is 373 g/mol. The van der Waals surface area contributed by atoms with Gasteiger partial charge in [0.1, 0.15) is 37.3 Å². The topological polar surface area (TPSA) is 8.88 Å². The quantitative estimate of drug-likeness (QED) is 0.766. The standard InChI is InChI=1S/C23H28F2N2/c24-20-9-5-18(6-10-20)23(19-7-11-21(25)12-8-19)4-2-13-26-15-16-27-14-1-3-22(27)17-26/h5-12,22-23H,1-4,13-17H2/p+2/t22-/m1/s1. The Morgan fingerprint density at radius 1 is 0.852 bits per heavy atom. The highest BCUT2D eigenvalue weighted by Gasteiger charge is 2.36. The van der Waals surface area contributed by atoms with Crippen LogP contribution in [0.15, 0.2) is 48.5 Å². The second kappa shape index (κ2) is 8.49. The predicted molar refractivity (Wildman–Crippen MR) is 103 cm³/mol. The normalized spacial score (nSPS) is 24.9. The lowest BCUT2D eigenvalue weighted by Gasteiger charge is -2.32. The third kappa shape index (κ3) is 4.56. The Kier molecular flexibility index (Phi) is 5.84. The van der Waals surface area contributed by atoms with Crippen molar-refractivity contribution in [2.75, 3.05) is 32.7 Å². The smallest absolute Gasteiger partial charge is 0.137 e. The van der Waals surface area contributed by atoms with Gasteiger partial charge in [0, 0.05) is 18.8 Å². The molecule has 2 N–H and O–H groups in total. The van der Waals surface area contributed by atoms with Crippen LogP contribution in [-0.2, 0) is 0 Å². The molecular weight excluding hydrogens is 342 g/mol. The molecule has 4 heteroatoms. The van der Waals surface area contributed by atoms with Crippen LogP contribution in [-0.4, -0.2) is 38.8 Å². The average Bonchev–Trinajstić information content (AvgIpc) is 3.15. The molecule has 144 valence electrons. The largest absolute Gasteiger partial charge is 0.325 e. The van der Waals surface area contributed by atoms with Crippen molar-refractivity contribution in [3.63, 3.8) is 0 Å². The fourth-order valence-electron chi connectivity index (χ4n) is 5.05. The zero-order chi connectivity index (χ0) is 18.6. The van der Waals surface area contributed by atoms with Crippen molar-refractivity contribution in [2.24, 2.45) is 0 Å². The molecule has 0 saturated carbocycles. The molecule has 2 nitrogen and oxygen atoms in total. The van der Waals surface area contributed by atoms with Crippen LogP contribution in [0.4, 0.5) is 8.78 Å². The zero-order valence-electron chi connectivity index (χ0n) is 15.9. The number of halogens is 2. The molecule has 2 aliphatic rings. The van der Waals surface area contributed by atoms with Gasteiger partial charge in [-0.15, -0.1) is 0 Å². The summed E-state index contributed by atoms with van der Waals surface area (Å²) in [6, 6.07) is 14.5. The van der Waals surface area contributed by atoms with E-state index in [1.807, 2.05) is 29.2 Å².